The van der Waals surface area contributed by atoms with Crippen LogP contribution in [0.3, 0.4) is 0 Å². The summed E-state index contributed by atoms with van der Waals surface area (Å²) in [4.78, 5) is 13.8. The Bertz CT molecular complexity index is 245. The van der Waals surface area contributed by atoms with E-state index >= 15 is 0 Å². The lowest BCUT2D eigenvalue weighted by Crippen LogP contribution is -1.89. The molecule has 0 aromatic carbocycles. The van der Waals surface area contributed by atoms with Gasteiger partial charge in [-0.2, -0.15) is 0 Å². The number of aromatic nitrogens is 2. The van der Waals surface area contributed by atoms with E-state index in [-0.39, 0.29) is 5.82 Å². The maximum atomic E-state index is 10.1. The van der Waals surface area contributed by atoms with Gasteiger partial charge in [0.25, 0.3) is 0 Å². The van der Waals surface area contributed by atoms with E-state index in [1.165, 1.54) is 0 Å². The Labute approximate surface area is 66.4 Å². The van der Waals surface area contributed by atoms with E-state index in [0.29, 0.717) is 5.33 Å². The summed E-state index contributed by atoms with van der Waals surface area (Å²) < 4.78 is 1.76. The quantitative estimate of drug-likeness (QED) is 0.543. The minimum Gasteiger partial charge on any atom is -0.335 e. The van der Waals surface area contributed by atoms with Gasteiger partial charge in [0.1, 0.15) is 0 Å². The molecule has 0 saturated carbocycles. The van der Waals surface area contributed by atoms with Gasteiger partial charge in [0.2, 0.25) is 5.82 Å². The molecule has 4 nitrogen and oxygen atoms in total. The Morgan fingerprint density at radius 1 is 1.90 bits per heavy atom. The first-order valence-electron chi connectivity index (χ1n) is 2.69. The number of rotatable bonds is 2. The van der Waals surface area contributed by atoms with Crippen LogP contribution in [-0.4, -0.2) is 9.55 Å². The third-order valence-electron chi connectivity index (χ3n) is 1.25. The number of halogens is 1. The van der Waals surface area contributed by atoms with Gasteiger partial charge in [-0.05, 0) is 5.18 Å². The van der Waals surface area contributed by atoms with E-state index in [9.17, 15) is 4.91 Å². The molecule has 10 heavy (non-hydrogen) atoms. The van der Waals surface area contributed by atoms with Crippen LogP contribution in [0.4, 0.5) is 5.82 Å². The van der Waals surface area contributed by atoms with Crippen LogP contribution in [0.1, 0.15) is 5.69 Å². The Morgan fingerprint density at radius 2 is 2.60 bits per heavy atom. The van der Waals surface area contributed by atoms with Crippen LogP contribution in [0, 0.1) is 4.91 Å². The maximum Gasteiger partial charge on any atom is 0.218 e. The van der Waals surface area contributed by atoms with Crippen LogP contribution in [0.5, 0.6) is 0 Å². The summed E-state index contributed by atoms with van der Waals surface area (Å²) in [6.07, 6.45) is 1.56. The minimum atomic E-state index is 0.263. The number of hydrogen-bond donors (Lipinski definition) is 0. The van der Waals surface area contributed by atoms with E-state index < -0.39 is 0 Å². The first kappa shape index (κ1) is 7.40. The molecule has 1 heterocycles. The molecule has 54 valence electrons. The molecule has 0 fully saturated rings. The third-order valence-corrected chi connectivity index (χ3v) is 1.78. The predicted molar refractivity (Wildman–Crippen MR) is 41.3 cm³/mol. The zero-order valence-corrected chi connectivity index (χ0v) is 7.00. The Balaban J connectivity index is 3.12. The second-order valence-corrected chi connectivity index (χ2v) is 2.41. The number of nitroso groups, excluding NO2 is 1. The highest BCUT2D eigenvalue weighted by Gasteiger charge is 2.05. The Hall–Kier alpha value is -0.710. The van der Waals surface area contributed by atoms with Gasteiger partial charge in [-0.3, -0.25) is 0 Å². The van der Waals surface area contributed by atoms with E-state index in [4.69, 9.17) is 0 Å². The topological polar surface area (TPSA) is 47.2 Å². The van der Waals surface area contributed by atoms with Crippen molar-refractivity contribution in [1.82, 2.24) is 9.55 Å². The zero-order chi connectivity index (χ0) is 7.56. The zero-order valence-electron chi connectivity index (χ0n) is 5.41. The van der Waals surface area contributed by atoms with Gasteiger partial charge in [-0.1, -0.05) is 15.9 Å². The van der Waals surface area contributed by atoms with Crippen molar-refractivity contribution in [2.24, 2.45) is 12.2 Å². The molecular weight excluding hydrogens is 198 g/mol. The first-order chi connectivity index (χ1) is 4.79. The summed E-state index contributed by atoms with van der Waals surface area (Å²) in [7, 11) is 1.82. The highest BCUT2D eigenvalue weighted by atomic mass is 79.9. The third kappa shape index (κ3) is 1.09. The van der Waals surface area contributed by atoms with E-state index in [2.05, 4.69) is 26.1 Å². The molecule has 0 radical (unpaired) electrons. The molecular formula is C5H6BrN3O. The highest BCUT2D eigenvalue weighted by Crippen LogP contribution is 2.17. The molecule has 0 aliphatic rings. The van der Waals surface area contributed by atoms with Crippen molar-refractivity contribution in [2.75, 3.05) is 0 Å². The molecule has 5 heteroatoms. The second-order valence-electron chi connectivity index (χ2n) is 1.85. The number of imidazole rings is 1. The number of alkyl halides is 1. The molecule has 0 amide bonds. The average molecular weight is 204 g/mol. The van der Waals surface area contributed by atoms with Crippen LogP contribution in [-0.2, 0) is 12.4 Å². The van der Waals surface area contributed by atoms with Crippen LogP contribution in [0.15, 0.2) is 11.5 Å². The SMILES string of the molecule is Cn1cnc(N=O)c1CBr. The van der Waals surface area contributed by atoms with Crippen molar-refractivity contribution in [3.8, 4) is 0 Å². The molecule has 0 unspecified atom stereocenters. The smallest absolute Gasteiger partial charge is 0.218 e. The minimum absolute atomic E-state index is 0.263. The summed E-state index contributed by atoms with van der Waals surface area (Å²) in [5.74, 6) is 0.263. The predicted octanol–water partition coefficient (Wildman–Crippen LogP) is 1.71. The van der Waals surface area contributed by atoms with E-state index in [1.54, 1.807) is 10.9 Å². The fraction of sp³-hybridized carbons (Fsp3) is 0.400. The van der Waals surface area contributed by atoms with Crippen molar-refractivity contribution >= 4 is 21.7 Å². The Morgan fingerprint density at radius 3 is 3.00 bits per heavy atom. The summed E-state index contributed by atoms with van der Waals surface area (Å²) >= 11 is 3.22. The summed E-state index contributed by atoms with van der Waals surface area (Å²) in [5, 5.41) is 3.35. The molecule has 0 spiro atoms. The Kier molecular flexibility index (Phi) is 2.16. The summed E-state index contributed by atoms with van der Waals surface area (Å²) in [5.41, 5.74) is 0.801. The highest BCUT2D eigenvalue weighted by molar-refractivity contribution is 9.08. The molecule has 0 saturated heterocycles. The van der Waals surface area contributed by atoms with Crippen molar-refractivity contribution in [1.29, 1.82) is 0 Å². The molecule has 0 bridgehead atoms. The summed E-state index contributed by atoms with van der Waals surface area (Å²) in [6, 6.07) is 0. The monoisotopic (exact) mass is 203 g/mol. The molecule has 1 aromatic rings. The molecule has 1 aromatic heterocycles. The number of nitrogens with zero attached hydrogens (tertiary/aromatic N) is 3. The van der Waals surface area contributed by atoms with Crippen molar-refractivity contribution in [3.63, 3.8) is 0 Å². The van der Waals surface area contributed by atoms with Crippen molar-refractivity contribution in [2.45, 2.75) is 5.33 Å². The van der Waals surface area contributed by atoms with Gasteiger partial charge in [0.15, 0.2) is 0 Å². The lowest BCUT2D eigenvalue weighted by atomic mass is 10.5. The lowest BCUT2D eigenvalue weighted by Gasteiger charge is -1.93. The molecule has 1 rings (SSSR count). The first-order valence-corrected chi connectivity index (χ1v) is 3.81. The van der Waals surface area contributed by atoms with Crippen LogP contribution < -0.4 is 0 Å². The van der Waals surface area contributed by atoms with Gasteiger partial charge >= 0.3 is 0 Å². The summed E-state index contributed by atoms with van der Waals surface area (Å²) in [6.45, 7) is 0. The van der Waals surface area contributed by atoms with Gasteiger partial charge in [0, 0.05) is 12.4 Å². The normalized spacial score (nSPS) is 9.80. The second kappa shape index (κ2) is 2.92. The fourth-order valence-electron chi connectivity index (χ4n) is 0.674. The molecule has 0 atom stereocenters. The maximum absolute atomic E-state index is 10.1. The molecule has 0 N–H and O–H groups in total. The van der Waals surface area contributed by atoms with E-state index in [1.807, 2.05) is 7.05 Å². The van der Waals surface area contributed by atoms with Gasteiger partial charge < -0.3 is 4.57 Å². The van der Waals surface area contributed by atoms with E-state index in [0.717, 1.165) is 5.69 Å². The average Bonchev–Trinajstić information content (AvgIpc) is 2.30. The van der Waals surface area contributed by atoms with Crippen LogP contribution >= 0.6 is 15.9 Å². The van der Waals surface area contributed by atoms with Crippen LogP contribution in [0.2, 0.25) is 0 Å². The fourth-order valence-corrected chi connectivity index (χ4v) is 1.32. The van der Waals surface area contributed by atoms with Gasteiger partial charge in [0.05, 0.1) is 12.0 Å². The largest absolute Gasteiger partial charge is 0.335 e. The lowest BCUT2D eigenvalue weighted by molar-refractivity contribution is 0.869. The van der Waals surface area contributed by atoms with Crippen molar-refractivity contribution in [3.05, 3.63) is 16.9 Å². The number of aryl methyl sites for hydroxylation is 1. The van der Waals surface area contributed by atoms with Gasteiger partial charge in [-0.15, -0.1) is 4.91 Å². The number of hydrogen-bond acceptors (Lipinski definition) is 3. The van der Waals surface area contributed by atoms with Crippen LogP contribution in [0.25, 0.3) is 0 Å². The standard InChI is InChI=1S/C5H6BrN3O/c1-9-3-7-5(8-10)4(9)2-6/h3H,2H2,1H3. The molecule has 0 aliphatic heterocycles. The van der Waals surface area contributed by atoms with Gasteiger partial charge in [-0.25, -0.2) is 4.98 Å². The van der Waals surface area contributed by atoms with Crippen molar-refractivity contribution < 1.29 is 0 Å². The molecule has 0 aliphatic carbocycles.